The monoisotopic (exact) mass is 354 g/mol. The van der Waals surface area contributed by atoms with Crippen LogP contribution in [-0.4, -0.2) is 45.7 Å². The van der Waals surface area contributed by atoms with Gasteiger partial charge in [0.25, 0.3) is 0 Å². The number of primary amides is 1. The van der Waals surface area contributed by atoms with Crippen molar-refractivity contribution < 1.29 is 24.6 Å². The lowest BCUT2D eigenvalue weighted by Gasteiger charge is -2.28. The van der Waals surface area contributed by atoms with Crippen LogP contribution in [0.25, 0.3) is 11.1 Å². The van der Waals surface area contributed by atoms with Gasteiger partial charge in [-0.2, -0.15) is 0 Å². The molecule has 4 N–H and O–H groups in total. The van der Waals surface area contributed by atoms with Crippen molar-refractivity contribution in [3.63, 3.8) is 0 Å². The van der Waals surface area contributed by atoms with E-state index in [4.69, 9.17) is 5.73 Å². The molecule has 1 aliphatic carbocycles. The van der Waals surface area contributed by atoms with Gasteiger partial charge in [0.1, 0.15) is 6.04 Å². The van der Waals surface area contributed by atoms with E-state index >= 15 is 0 Å². The summed E-state index contributed by atoms with van der Waals surface area (Å²) in [4.78, 5) is 35.3. The number of nitrogens with zero attached hydrogens (tertiary/aromatic N) is 1. The molecule has 7 nitrogen and oxygen atoms in total. The van der Waals surface area contributed by atoms with Crippen molar-refractivity contribution in [2.45, 2.75) is 18.4 Å². The van der Waals surface area contributed by atoms with Gasteiger partial charge in [-0.25, -0.2) is 9.59 Å². The van der Waals surface area contributed by atoms with Crippen molar-refractivity contribution in [3.8, 4) is 11.1 Å². The predicted octanol–water partition coefficient (Wildman–Crippen LogP) is 2.11. The molecule has 0 fully saturated rings. The van der Waals surface area contributed by atoms with Gasteiger partial charge < -0.3 is 15.9 Å². The van der Waals surface area contributed by atoms with Gasteiger partial charge in [0.15, 0.2) is 0 Å². The molecule has 2 aromatic rings. The third-order valence-electron chi connectivity index (χ3n) is 4.64. The van der Waals surface area contributed by atoms with Crippen molar-refractivity contribution in [3.05, 3.63) is 59.7 Å². The lowest BCUT2D eigenvalue weighted by atomic mass is 9.95. The molecule has 3 rings (SSSR count). The smallest absolute Gasteiger partial charge is 0.408 e. The summed E-state index contributed by atoms with van der Waals surface area (Å²) in [6.45, 7) is -0.0758. The van der Waals surface area contributed by atoms with E-state index in [0.29, 0.717) is 0 Å². The van der Waals surface area contributed by atoms with Crippen molar-refractivity contribution in [1.29, 1.82) is 0 Å². The Labute approximate surface area is 149 Å². The highest BCUT2D eigenvalue weighted by molar-refractivity contribution is 5.86. The molecule has 7 heteroatoms. The minimum absolute atomic E-state index is 0.0758. The quantitative estimate of drug-likeness (QED) is 0.733. The van der Waals surface area contributed by atoms with Crippen molar-refractivity contribution in [2.75, 3.05) is 6.54 Å². The van der Waals surface area contributed by atoms with Crippen LogP contribution < -0.4 is 5.73 Å². The zero-order valence-electron chi connectivity index (χ0n) is 13.8. The van der Waals surface area contributed by atoms with Crippen LogP contribution in [0.15, 0.2) is 48.5 Å². The number of carbonyl (C=O) groups is 3. The Morgan fingerprint density at radius 3 is 1.88 bits per heavy atom. The Kier molecular flexibility index (Phi) is 4.62. The lowest BCUT2D eigenvalue weighted by molar-refractivity contribution is -0.144. The molecule has 0 saturated heterocycles. The largest absolute Gasteiger partial charge is 0.480 e. The van der Waals surface area contributed by atoms with Crippen LogP contribution in [0.3, 0.4) is 0 Å². The SMILES string of the molecule is NC(=O)C[C@H](C(=O)O)N(CC1c2ccccc2-c2ccccc21)C(=O)O. The lowest BCUT2D eigenvalue weighted by Crippen LogP contribution is -2.48. The molecule has 0 saturated carbocycles. The fourth-order valence-corrected chi connectivity index (χ4v) is 3.51. The van der Waals surface area contributed by atoms with Crippen molar-refractivity contribution in [2.24, 2.45) is 5.73 Å². The third-order valence-corrected chi connectivity index (χ3v) is 4.64. The summed E-state index contributed by atoms with van der Waals surface area (Å²) in [6.07, 6.45) is -1.97. The molecule has 0 aromatic heterocycles. The van der Waals surface area contributed by atoms with E-state index in [9.17, 15) is 24.6 Å². The molecule has 0 spiro atoms. The minimum atomic E-state index is -1.52. The van der Waals surface area contributed by atoms with Crippen LogP contribution in [0.4, 0.5) is 4.79 Å². The van der Waals surface area contributed by atoms with E-state index in [0.717, 1.165) is 27.2 Å². The van der Waals surface area contributed by atoms with Crippen LogP contribution in [-0.2, 0) is 9.59 Å². The second kappa shape index (κ2) is 6.87. The van der Waals surface area contributed by atoms with Gasteiger partial charge in [-0.3, -0.25) is 9.69 Å². The summed E-state index contributed by atoms with van der Waals surface area (Å²) in [7, 11) is 0. The summed E-state index contributed by atoms with van der Waals surface area (Å²) in [5, 5.41) is 19.0. The molecule has 0 aliphatic heterocycles. The van der Waals surface area contributed by atoms with Crippen LogP contribution in [0.2, 0.25) is 0 Å². The number of hydrogen-bond donors (Lipinski definition) is 3. The highest BCUT2D eigenvalue weighted by Gasteiger charge is 2.36. The molecule has 26 heavy (non-hydrogen) atoms. The Morgan fingerprint density at radius 1 is 0.962 bits per heavy atom. The zero-order valence-corrected chi connectivity index (χ0v) is 13.8. The third kappa shape index (κ3) is 3.11. The number of carboxylic acids is 1. The van der Waals surface area contributed by atoms with E-state index in [1.807, 2.05) is 48.5 Å². The van der Waals surface area contributed by atoms with Crippen LogP contribution in [0, 0.1) is 0 Å². The Balaban J connectivity index is 2.01. The molecule has 1 aliphatic rings. The first-order valence-electron chi connectivity index (χ1n) is 8.09. The summed E-state index contributed by atoms with van der Waals surface area (Å²) in [5.41, 5.74) is 8.98. The van der Waals surface area contributed by atoms with Gasteiger partial charge >= 0.3 is 12.1 Å². The molecular weight excluding hydrogens is 336 g/mol. The van der Waals surface area contributed by atoms with Crippen LogP contribution in [0.1, 0.15) is 23.5 Å². The second-order valence-electron chi connectivity index (χ2n) is 6.19. The number of aliphatic carboxylic acids is 1. The van der Waals surface area contributed by atoms with Gasteiger partial charge in [0.05, 0.1) is 6.42 Å². The number of hydrogen-bond acceptors (Lipinski definition) is 3. The summed E-state index contributed by atoms with van der Waals surface area (Å²) in [5.74, 6) is -2.57. The van der Waals surface area contributed by atoms with Gasteiger partial charge in [-0.05, 0) is 22.3 Å². The first-order chi connectivity index (χ1) is 12.4. The van der Waals surface area contributed by atoms with E-state index in [1.165, 1.54) is 0 Å². The van der Waals surface area contributed by atoms with Gasteiger partial charge in [0.2, 0.25) is 5.91 Å². The topological polar surface area (TPSA) is 121 Å². The molecular formula is C19H18N2O5. The second-order valence-corrected chi connectivity index (χ2v) is 6.19. The number of fused-ring (bicyclic) bond motifs is 3. The van der Waals surface area contributed by atoms with Crippen LogP contribution in [0.5, 0.6) is 0 Å². The molecule has 1 atom stereocenters. The maximum absolute atomic E-state index is 11.7. The normalized spacial score (nSPS) is 13.5. The average Bonchev–Trinajstić information content (AvgIpc) is 2.91. The number of nitrogens with two attached hydrogens (primary N) is 1. The highest BCUT2D eigenvalue weighted by atomic mass is 16.4. The minimum Gasteiger partial charge on any atom is -0.480 e. The van der Waals surface area contributed by atoms with Crippen LogP contribution >= 0.6 is 0 Å². The zero-order chi connectivity index (χ0) is 18.8. The summed E-state index contributed by atoms with van der Waals surface area (Å²) < 4.78 is 0. The molecule has 0 unspecified atom stereocenters. The van der Waals surface area contributed by atoms with Crippen molar-refractivity contribution in [1.82, 2.24) is 4.90 Å². The fraction of sp³-hybridized carbons (Fsp3) is 0.211. The number of carboxylic acid groups (broad SMARTS) is 2. The van der Waals surface area contributed by atoms with Crippen molar-refractivity contribution >= 4 is 18.0 Å². The maximum Gasteiger partial charge on any atom is 0.408 e. The number of benzene rings is 2. The van der Waals surface area contributed by atoms with Gasteiger partial charge in [-0.15, -0.1) is 0 Å². The predicted molar refractivity (Wildman–Crippen MR) is 93.7 cm³/mol. The van der Waals surface area contributed by atoms with Gasteiger partial charge in [0, 0.05) is 12.5 Å². The Hall–Kier alpha value is -3.35. The summed E-state index contributed by atoms with van der Waals surface area (Å²) in [6, 6.07) is 13.7. The number of rotatable bonds is 6. The molecule has 0 bridgehead atoms. The first-order valence-corrected chi connectivity index (χ1v) is 8.09. The van der Waals surface area contributed by atoms with E-state index < -0.39 is 30.4 Å². The first kappa shape index (κ1) is 17.5. The maximum atomic E-state index is 11.7. The highest BCUT2D eigenvalue weighted by Crippen LogP contribution is 2.44. The molecule has 2 amide bonds. The number of carbonyl (C=O) groups excluding carboxylic acids is 1. The van der Waals surface area contributed by atoms with Gasteiger partial charge in [-0.1, -0.05) is 48.5 Å². The average molecular weight is 354 g/mol. The Bertz CT molecular complexity index is 834. The molecule has 134 valence electrons. The summed E-state index contributed by atoms with van der Waals surface area (Å²) >= 11 is 0. The van der Waals surface area contributed by atoms with E-state index in [1.54, 1.807) is 0 Å². The molecule has 2 aromatic carbocycles. The standard InChI is InChI=1S/C19H18N2O5/c20-17(22)9-16(18(23)24)21(19(25)26)10-15-13-7-3-1-5-11(13)12-6-2-4-8-14(12)15/h1-8,15-16H,9-10H2,(H2,20,22)(H,23,24)(H,25,26)/t16-/m1/s1. The van der Waals surface area contributed by atoms with E-state index in [2.05, 4.69) is 0 Å². The number of amides is 2. The fourth-order valence-electron chi connectivity index (χ4n) is 3.51. The molecule has 0 heterocycles. The van der Waals surface area contributed by atoms with E-state index in [-0.39, 0.29) is 12.5 Å². The Morgan fingerprint density at radius 2 is 1.46 bits per heavy atom. The molecule has 0 radical (unpaired) electrons.